The van der Waals surface area contributed by atoms with E-state index < -0.39 is 20.6 Å². The van der Waals surface area contributed by atoms with Crippen LogP contribution in [-0.4, -0.2) is 69.0 Å². The van der Waals surface area contributed by atoms with Gasteiger partial charge in [0.25, 0.3) is 0 Å². The smallest absolute Gasteiger partial charge is 0.164 e. The van der Waals surface area contributed by atoms with E-state index in [1.54, 1.807) is 11.8 Å². The van der Waals surface area contributed by atoms with Gasteiger partial charge < -0.3 is 9.53 Å². The Morgan fingerprint density at radius 3 is 2.68 bits per heavy atom. The molecule has 5 nitrogen and oxygen atoms in total. The monoisotopic (exact) mass is 307 g/mol. The maximum atomic E-state index is 11.9. The van der Waals surface area contributed by atoms with E-state index in [0.717, 1.165) is 18.6 Å². The molecule has 7 heteroatoms. The average Bonchev–Trinajstić information content (AvgIpc) is 2.39. The molecule has 2 heterocycles. The molecule has 1 atom stereocenters. The van der Waals surface area contributed by atoms with Crippen molar-refractivity contribution < 1.29 is 17.9 Å². The van der Waals surface area contributed by atoms with Gasteiger partial charge in [-0.3, -0.25) is 4.90 Å². The molecule has 0 aliphatic carbocycles. The molecule has 0 saturated carbocycles. The second kappa shape index (κ2) is 6.11. The minimum atomic E-state index is -3.10. The number of sulfone groups is 1. The summed E-state index contributed by atoms with van der Waals surface area (Å²) in [5.41, 5.74) is -0.427. The number of thioether (sulfide) groups is 1. The van der Waals surface area contributed by atoms with E-state index in [9.17, 15) is 13.2 Å². The fourth-order valence-corrected chi connectivity index (χ4v) is 5.63. The third-order valence-corrected chi connectivity index (χ3v) is 6.63. The van der Waals surface area contributed by atoms with E-state index in [2.05, 4.69) is 0 Å². The Kier molecular flexibility index (Phi) is 4.92. The van der Waals surface area contributed by atoms with Crippen LogP contribution < -0.4 is 0 Å². The normalized spacial score (nSPS) is 29.0. The highest BCUT2D eigenvalue weighted by Crippen LogP contribution is 2.32. The number of rotatable bonds is 4. The summed E-state index contributed by atoms with van der Waals surface area (Å²) in [6.45, 7) is 2.45. The fraction of sp³-hybridized carbons (Fsp3) is 0.917. The summed E-state index contributed by atoms with van der Waals surface area (Å²) in [4.78, 5) is 13.5. The largest absolute Gasteiger partial charge is 0.381 e. The Hall–Kier alpha value is -0.110. The summed E-state index contributed by atoms with van der Waals surface area (Å²) in [6, 6.07) is 0. The van der Waals surface area contributed by atoms with Crippen LogP contribution in [-0.2, 0) is 19.4 Å². The van der Waals surface area contributed by atoms with Crippen LogP contribution in [0.5, 0.6) is 0 Å². The molecule has 2 saturated heterocycles. The van der Waals surface area contributed by atoms with Gasteiger partial charge in [-0.2, -0.15) is 11.8 Å². The molecule has 2 aliphatic heterocycles. The number of carbonyl (C=O) groups excluding carboxylic acids is 1. The van der Waals surface area contributed by atoms with E-state index in [0.29, 0.717) is 38.4 Å². The van der Waals surface area contributed by atoms with Crippen molar-refractivity contribution in [2.75, 3.05) is 44.1 Å². The van der Waals surface area contributed by atoms with E-state index >= 15 is 0 Å². The average molecular weight is 307 g/mol. The summed E-state index contributed by atoms with van der Waals surface area (Å²) in [6.07, 6.45) is 3.68. The topological polar surface area (TPSA) is 63.7 Å². The van der Waals surface area contributed by atoms with Crippen LogP contribution in [0.1, 0.15) is 12.8 Å². The molecule has 0 bridgehead atoms. The standard InChI is InChI=1S/C12H21NO4S2/c1-19(15,16)11-8-18-7-4-13(11)9-12(10-14)2-5-17-6-3-12/h10-11H,2-9H2,1H3. The van der Waals surface area contributed by atoms with Gasteiger partial charge in [0.2, 0.25) is 0 Å². The number of hydrogen-bond acceptors (Lipinski definition) is 6. The van der Waals surface area contributed by atoms with Crippen molar-refractivity contribution in [2.45, 2.75) is 18.2 Å². The second-order valence-electron chi connectivity index (χ2n) is 5.42. The first-order valence-corrected chi connectivity index (χ1v) is 9.63. The van der Waals surface area contributed by atoms with Crippen molar-refractivity contribution in [1.82, 2.24) is 4.90 Å². The van der Waals surface area contributed by atoms with Gasteiger partial charge in [-0.15, -0.1) is 0 Å². The Morgan fingerprint density at radius 1 is 1.42 bits per heavy atom. The summed E-state index contributed by atoms with van der Waals surface area (Å²) >= 11 is 1.67. The number of carbonyl (C=O) groups is 1. The van der Waals surface area contributed by atoms with Gasteiger partial charge in [-0.1, -0.05) is 0 Å². The third-order valence-electron chi connectivity index (χ3n) is 3.94. The molecule has 19 heavy (non-hydrogen) atoms. The third kappa shape index (κ3) is 3.71. The summed E-state index contributed by atoms with van der Waals surface area (Å²) in [7, 11) is -3.10. The number of aldehydes is 1. The number of ether oxygens (including phenoxy) is 1. The SMILES string of the molecule is CS(=O)(=O)C1CSCCN1CC1(C=O)CCOCC1. The van der Waals surface area contributed by atoms with Crippen molar-refractivity contribution in [3.8, 4) is 0 Å². The lowest BCUT2D eigenvalue weighted by Crippen LogP contribution is -2.52. The highest BCUT2D eigenvalue weighted by atomic mass is 32.2. The molecule has 2 aliphatic rings. The molecule has 110 valence electrons. The lowest BCUT2D eigenvalue weighted by atomic mass is 9.81. The molecule has 0 spiro atoms. The first-order chi connectivity index (χ1) is 8.97. The molecular weight excluding hydrogens is 286 g/mol. The van der Waals surface area contributed by atoms with Crippen molar-refractivity contribution in [1.29, 1.82) is 0 Å². The first-order valence-electron chi connectivity index (χ1n) is 6.52. The van der Waals surface area contributed by atoms with Crippen LogP contribution in [0, 0.1) is 5.41 Å². The Balaban J connectivity index is 2.12. The zero-order valence-electron chi connectivity index (χ0n) is 11.2. The molecule has 0 radical (unpaired) electrons. The molecule has 0 N–H and O–H groups in total. The molecule has 0 aromatic heterocycles. The Morgan fingerprint density at radius 2 is 2.11 bits per heavy atom. The van der Waals surface area contributed by atoms with Gasteiger partial charge in [-0.25, -0.2) is 8.42 Å². The van der Waals surface area contributed by atoms with Crippen molar-refractivity contribution in [3.63, 3.8) is 0 Å². The van der Waals surface area contributed by atoms with E-state index in [4.69, 9.17) is 4.74 Å². The Bertz CT molecular complexity index is 417. The fourth-order valence-electron chi connectivity index (χ4n) is 2.69. The molecule has 1 unspecified atom stereocenters. The molecule has 0 aromatic rings. The lowest BCUT2D eigenvalue weighted by Gasteiger charge is -2.41. The van der Waals surface area contributed by atoms with E-state index in [-0.39, 0.29) is 0 Å². The predicted octanol–water partition coefficient (Wildman–Crippen LogP) is 0.402. The van der Waals surface area contributed by atoms with Crippen LogP contribution >= 0.6 is 11.8 Å². The summed E-state index contributed by atoms with van der Waals surface area (Å²) in [5.74, 6) is 1.53. The minimum Gasteiger partial charge on any atom is -0.381 e. The number of nitrogens with zero attached hydrogens (tertiary/aromatic N) is 1. The highest BCUT2D eigenvalue weighted by molar-refractivity contribution is 8.00. The first kappa shape index (κ1) is 15.3. The molecular formula is C12H21NO4S2. The summed E-state index contributed by atoms with van der Waals surface area (Å²) < 4.78 is 29.0. The quantitative estimate of drug-likeness (QED) is 0.701. The highest BCUT2D eigenvalue weighted by Gasteiger charge is 2.39. The van der Waals surface area contributed by atoms with Gasteiger partial charge in [0, 0.05) is 49.5 Å². The summed E-state index contributed by atoms with van der Waals surface area (Å²) in [5, 5.41) is -0.453. The van der Waals surface area contributed by atoms with Crippen molar-refractivity contribution in [3.05, 3.63) is 0 Å². The van der Waals surface area contributed by atoms with Crippen LogP contribution in [0.4, 0.5) is 0 Å². The zero-order chi connectivity index (χ0) is 13.9. The van der Waals surface area contributed by atoms with Crippen LogP contribution in [0.3, 0.4) is 0 Å². The molecule has 0 aromatic carbocycles. The second-order valence-corrected chi connectivity index (χ2v) is 8.78. The van der Waals surface area contributed by atoms with E-state index in [1.165, 1.54) is 6.26 Å². The van der Waals surface area contributed by atoms with Crippen LogP contribution in [0.25, 0.3) is 0 Å². The van der Waals surface area contributed by atoms with Crippen molar-refractivity contribution >= 4 is 27.9 Å². The predicted molar refractivity (Wildman–Crippen MR) is 76.1 cm³/mol. The zero-order valence-corrected chi connectivity index (χ0v) is 12.8. The number of hydrogen-bond donors (Lipinski definition) is 0. The molecule has 2 fully saturated rings. The lowest BCUT2D eigenvalue weighted by molar-refractivity contribution is -0.123. The Labute approximate surface area is 119 Å². The van der Waals surface area contributed by atoms with E-state index in [1.807, 2.05) is 4.90 Å². The van der Waals surface area contributed by atoms with Crippen molar-refractivity contribution in [2.24, 2.45) is 5.41 Å². The van der Waals surface area contributed by atoms with Gasteiger partial charge in [-0.05, 0) is 12.8 Å². The van der Waals surface area contributed by atoms with Gasteiger partial charge in [0.1, 0.15) is 11.7 Å². The maximum absolute atomic E-state index is 11.9. The maximum Gasteiger partial charge on any atom is 0.164 e. The van der Waals surface area contributed by atoms with Gasteiger partial charge in [0.05, 0.1) is 0 Å². The van der Waals surface area contributed by atoms with Gasteiger partial charge in [0.15, 0.2) is 9.84 Å². The molecule has 0 amide bonds. The molecule has 2 rings (SSSR count). The minimum absolute atomic E-state index is 0.427. The van der Waals surface area contributed by atoms with Crippen LogP contribution in [0.2, 0.25) is 0 Å². The van der Waals surface area contributed by atoms with Gasteiger partial charge >= 0.3 is 0 Å². The van der Waals surface area contributed by atoms with Crippen LogP contribution in [0.15, 0.2) is 0 Å².